The number of aryl methyl sites for hydroxylation is 1. The molecule has 0 aliphatic carbocycles. The molecular weight excluding hydrogens is 514 g/mol. The number of sulfonamides is 1. The number of esters is 1. The van der Waals surface area contributed by atoms with Gasteiger partial charge in [-0.15, -0.1) is 0 Å². The molecule has 0 radical (unpaired) electrons. The van der Waals surface area contributed by atoms with Gasteiger partial charge >= 0.3 is 5.97 Å². The number of piperidine rings is 1. The summed E-state index contributed by atoms with van der Waals surface area (Å²) in [6, 6.07) is 21.7. The van der Waals surface area contributed by atoms with E-state index in [4.69, 9.17) is 4.74 Å². The van der Waals surface area contributed by atoms with Crippen molar-refractivity contribution in [1.29, 1.82) is 0 Å². The molecule has 2 aliphatic heterocycles. The van der Waals surface area contributed by atoms with Crippen molar-refractivity contribution in [2.75, 3.05) is 11.6 Å². The van der Waals surface area contributed by atoms with Gasteiger partial charge in [-0.25, -0.2) is 13.2 Å². The standard InChI is InChI=1S/C30H29N3O5S/c1-21-11-17-26(18-12-21)39(36,37)32-19-7-6-10-28(32)30(35)38-25-15-13-23(14-16-25)20-27-22(2)31-33(29(27)34)24-8-4-3-5-9-24/h3-5,8-9,11-18,20,28H,6-7,10,19H2,1-2H3/b27-20-. The highest BCUT2D eigenvalue weighted by molar-refractivity contribution is 7.89. The van der Waals surface area contributed by atoms with E-state index < -0.39 is 22.0 Å². The molecule has 5 rings (SSSR count). The van der Waals surface area contributed by atoms with Gasteiger partial charge < -0.3 is 4.74 Å². The second-order valence-corrected chi connectivity index (χ2v) is 11.5. The van der Waals surface area contributed by atoms with E-state index in [0.29, 0.717) is 35.6 Å². The molecule has 1 unspecified atom stereocenters. The van der Waals surface area contributed by atoms with Gasteiger partial charge in [0.05, 0.1) is 21.9 Å². The molecule has 3 aromatic rings. The topological polar surface area (TPSA) is 96.3 Å². The summed E-state index contributed by atoms with van der Waals surface area (Å²) in [6.07, 6.45) is 3.56. The molecule has 9 heteroatoms. The molecule has 1 saturated heterocycles. The molecule has 1 amide bonds. The lowest BCUT2D eigenvalue weighted by molar-refractivity contribution is -0.139. The van der Waals surface area contributed by atoms with Crippen molar-refractivity contribution >= 4 is 39.4 Å². The van der Waals surface area contributed by atoms with Crippen molar-refractivity contribution in [3.05, 3.63) is 95.6 Å². The van der Waals surface area contributed by atoms with Crippen LogP contribution in [0.15, 0.2) is 94.4 Å². The third-order valence-electron chi connectivity index (χ3n) is 6.83. The van der Waals surface area contributed by atoms with E-state index in [1.54, 1.807) is 61.5 Å². The largest absolute Gasteiger partial charge is 0.425 e. The molecule has 1 atom stereocenters. The molecule has 0 aromatic heterocycles. The zero-order chi connectivity index (χ0) is 27.6. The van der Waals surface area contributed by atoms with Gasteiger partial charge in [0.1, 0.15) is 11.8 Å². The molecule has 39 heavy (non-hydrogen) atoms. The summed E-state index contributed by atoms with van der Waals surface area (Å²) in [4.78, 5) is 26.2. The fourth-order valence-electron chi connectivity index (χ4n) is 4.69. The van der Waals surface area contributed by atoms with Gasteiger partial charge in [-0.2, -0.15) is 14.4 Å². The SMILES string of the molecule is CC1=NN(c2ccccc2)C(=O)/C1=C\c1ccc(OC(=O)C2CCCCN2S(=O)(=O)c2ccc(C)cc2)cc1. The van der Waals surface area contributed by atoms with Crippen molar-refractivity contribution in [2.24, 2.45) is 5.10 Å². The Kier molecular flexibility index (Phi) is 7.45. The van der Waals surface area contributed by atoms with E-state index in [1.165, 1.54) is 9.31 Å². The van der Waals surface area contributed by atoms with Gasteiger partial charge in [0.25, 0.3) is 5.91 Å². The summed E-state index contributed by atoms with van der Waals surface area (Å²) in [7, 11) is -3.84. The van der Waals surface area contributed by atoms with E-state index in [1.807, 2.05) is 37.3 Å². The minimum atomic E-state index is -3.84. The highest BCUT2D eigenvalue weighted by Gasteiger charge is 2.38. The summed E-state index contributed by atoms with van der Waals surface area (Å²) >= 11 is 0. The third-order valence-corrected chi connectivity index (χ3v) is 8.75. The summed E-state index contributed by atoms with van der Waals surface area (Å²) in [5.41, 5.74) is 3.46. The molecule has 0 N–H and O–H groups in total. The minimum Gasteiger partial charge on any atom is -0.425 e. The monoisotopic (exact) mass is 543 g/mol. The van der Waals surface area contributed by atoms with Crippen molar-refractivity contribution in [1.82, 2.24) is 4.31 Å². The van der Waals surface area contributed by atoms with Crippen molar-refractivity contribution in [3.8, 4) is 5.75 Å². The van der Waals surface area contributed by atoms with E-state index in [0.717, 1.165) is 17.5 Å². The number of carbonyl (C=O) groups is 2. The van der Waals surface area contributed by atoms with Crippen LogP contribution in [0.25, 0.3) is 6.08 Å². The first-order valence-corrected chi connectivity index (χ1v) is 14.2. The highest BCUT2D eigenvalue weighted by atomic mass is 32.2. The quantitative estimate of drug-likeness (QED) is 0.249. The Morgan fingerprint density at radius 3 is 2.33 bits per heavy atom. The van der Waals surface area contributed by atoms with Crippen LogP contribution in [0.5, 0.6) is 5.75 Å². The van der Waals surface area contributed by atoms with Crippen LogP contribution in [0, 0.1) is 6.92 Å². The predicted molar refractivity (Wildman–Crippen MR) is 150 cm³/mol. The Morgan fingerprint density at radius 1 is 0.949 bits per heavy atom. The lowest BCUT2D eigenvalue weighted by atomic mass is 10.1. The number of hydrogen-bond donors (Lipinski definition) is 0. The average Bonchev–Trinajstić information content (AvgIpc) is 3.23. The van der Waals surface area contributed by atoms with Crippen LogP contribution in [-0.4, -0.2) is 42.9 Å². The maximum atomic E-state index is 13.3. The molecule has 2 heterocycles. The van der Waals surface area contributed by atoms with E-state index in [9.17, 15) is 18.0 Å². The first kappa shape index (κ1) is 26.5. The number of para-hydroxylation sites is 1. The van der Waals surface area contributed by atoms with Crippen LogP contribution in [0.2, 0.25) is 0 Å². The molecule has 3 aromatic carbocycles. The summed E-state index contributed by atoms with van der Waals surface area (Å²) in [5.74, 6) is -0.528. The number of anilines is 1. The lowest BCUT2D eigenvalue weighted by Gasteiger charge is -2.33. The first-order chi connectivity index (χ1) is 18.7. The smallest absolute Gasteiger partial charge is 0.329 e. The molecule has 0 spiro atoms. The van der Waals surface area contributed by atoms with Gasteiger partial charge in [-0.1, -0.05) is 48.0 Å². The van der Waals surface area contributed by atoms with Crippen molar-refractivity contribution < 1.29 is 22.7 Å². The maximum Gasteiger partial charge on any atom is 0.329 e. The van der Waals surface area contributed by atoms with Crippen molar-refractivity contribution in [3.63, 3.8) is 0 Å². The van der Waals surface area contributed by atoms with Gasteiger partial charge in [0.2, 0.25) is 10.0 Å². The van der Waals surface area contributed by atoms with Crippen molar-refractivity contribution in [2.45, 2.75) is 44.0 Å². The fourth-order valence-corrected chi connectivity index (χ4v) is 6.33. The van der Waals surface area contributed by atoms with Gasteiger partial charge in [0, 0.05) is 6.54 Å². The van der Waals surface area contributed by atoms with E-state index in [-0.39, 0.29) is 17.3 Å². The lowest BCUT2D eigenvalue weighted by Crippen LogP contribution is -2.49. The Morgan fingerprint density at radius 2 is 1.64 bits per heavy atom. The van der Waals surface area contributed by atoms with Gasteiger partial charge in [-0.3, -0.25) is 4.79 Å². The second-order valence-electron chi connectivity index (χ2n) is 9.63. The number of ether oxygens (including phenoxy) is 1. The Hall–Kier alpha value is -4.08. The molecular formula is C30H29N3O5S. The maximum absolute atomic E-state index is 13.3. The van der Waals surface area contributed by atoms with Crippen LogP contribution in [-0.2, 0) is 19.6 Å². The second kappa shape index (κ2) is 11.0. The molecule has 200 valence electrons. The van der Waals surface area contributed by atoms with Gasteiger partial charge in [-0.05, 0) is 81.1 Å². The Labute approximate surface area is 228 Å². The van der Waals surface area contributed by atoms with E-state index in [2.05, 4.69) is 5.10 Å². The minimum absolute atomic E-state index is 0.163. The molecule has 2 aliphatic rings. The Balaban J connectivity index is 1.29. The predicted octanol–water partition coefficient (Wildman–Crippen LogP) is 4.95. The normalized spacial score (nSPS) is 19.3. The van der Waals surface area contributed by atoms with Crippen LogP contribution in [0.4, 0.5) is 5.69 Å². The number of rotatable bonds is 6. The third kappa shape index (κ3) is 5.55. The number of amides is 1. The summed E-state index contributed by atoms with van der Waals surface area (Å²) in [5, 5.41) is 5.76. The molecule has 1 fully saturated rings. The van der Waals surface area contributed by atoms with E-state index >= 15 is 0 Å². The molecule has 0 bridgehead atoms. The zero-order valence-electron chi connectivity index (χ0n) is 21.8. The molecule has 0 saturated carbocycles. The number of hydrazone groups is 1. The summed E-state index contributed by atoms with van der Waals surface area (Å²) < 4.78 is 33.5. The first-order valence-electron chi connectivity index (χ1n) is 12.8. The number of hydrogen-bond acceptors (Lipinski definition) is 6. The van der Waals surface area contributed by atoms with Crippen LogP contribution >= 0.6 is 0 Å². The number of nitrogens with zero attached hydrogens (tertiary/aromatic N) is 3. The number of carbonyl (C=O) groups excluding carboxylic acids is 2. The highest BCUT2D eigenvalue weighted by Crippen LogP contribution is 2.28. The zero-order valence-corrected chi connectivity index (χ0v) is 22.6. The van der Waals surface area contributed by atoms with Crippen LogP contribution in [0.3, 0.4) is 0 Å². The molecule has 8 nitrogen and oxygen atoms in total. The number of benzene rings is 3. The van der Waals surface area contributed by atoms with Crippen LogP contribution in [0.1, 0.15) is 37.3 Å². The van der Waals surface area contributed by atoms with Crippen LogP contribution < -0.4 is 9.75 Å². The fraction of sp³-hybridized carbons (Fsp3) is 0.233. The Bertz CT molecular complexity index is 1550. The summed E-state index contributed by atoms with van der Waals surface area (Å²) in [6.45, 7) is 3.93. The van der Waals surface area contributed by atoms with Gasteiger partial charge in [0.15, 0.2) is 0 Å². The average molecular weight is 544 g/mol.